The van der Waals surface area contributed by atoms with Crippen LogP contribution in [0.2, 0.25) is 0 Å². The molecule has 27 heavy (non-hydrogen) atoms. The van der Waals surface area contributed by atoms with Gasteiger partial charge in [0.1, 0.15) is 11.6 Å². The van der Waals surface area contributed by atoms with E-state index in [1.54, 1.807) is 12.1 Å². The van der Waals surface area contributed by atoms with Crippen LogP contribution >= 0.6 is 0 Å². The Kier molecular flexibility index (Phi) is 6.68. The average molecular weight is 380 g/mol. The van der Waals surface area contributed by atoms with E-state index >= 15 is 0 Å². The molecule has 2 N–H and O–H groups in total. The number of hydrogen-bond acceptors (Lipinski definition) is 5. The fourth-order valence-corrected chi connectivity index (χ4v) is 3.82. The van der Waals surface area contributed by atoms with Gasteiger partial charge in [-0.1, -0.05) is 0 Å². The lowest BCUT2D eigenvalue weighted by Gasteiger charge is -2.38. The summed E-state index contributed by atoms with van der Waals surface area (Å²) in [5, 5.41) is 14.2. The number of amides is 1. The molecule has 0 saturated carbocycles. The van der Waals surface area contributed by atoms with E-state index in [9.17, 15) is 14.3 Å². The van der Waals surface area contributed by atoms with Gasteiger partial charge < -0.3 is 24.8 Å². The summed E-state index contributed by atoms with van der Waals surface area (Å²) < 4.78 is 24.6. The molecule has 1 amide bonds. The maximum Gasteiger partial charge on any atom is 0.256 e. The average Bonchev–Trinajstić information content (AvgIpc) is 2.68. The van der Waals surface area contributed by atoms with Gasteiger partial charge in [-0.3, -0.25) is 4.79 Å². The number of benzene rings is 1. The number of hydrogen-bond donors (Lipinski definition) is 2. The van der Waals surface area contributed by atoms with Crippen LogP contribution in [0, 0.1) is 11.7 Å². The highest BCUT2D eigenvalue weighted by Gasteiger charge is 2.42. The Balaban J connectivity index is 1.59. The molecule has 2 aliphatic rings. The summed E-state index contributed by atoms with van der Waals surface area (Å²) in [6, 6.07) is 4.48. The van der Waals surface area contributed by atoms with E-state index in [1.165, 1.54) is 18.1 Å². The number of halogens is 1. The third kappa shape index (κ3) is 4.97. The predicted octanol–water partition coefficient (Wildman–Crippen LogP) is 1.70. The van der Waals surface area contributed by atoms with Crippen molar-refractivity contribution >= 4 is 5.91 Å². The fourth-order valence-electron chi connectivity index (χ4n) is 3.82. The Hall–Kier alpha value is -1.70. The van der Waals surface area contributed by atoms with Crippen molar-refractivity contribution in [3.8, 4) is 5.75 Å². The number of piperidine rings is 1. The van der Waals surface area contributed by atoms with Crippen LogP contribution in [0.4, 0.5) is 4.39 Å². The van der Waals surface area contributed by atoms with Crippen LogP contribution in [0.1, 0.15) is 31.2 Å². The predicted molar refractivity (Wildman–Crippen MR) is 99.0 cm³/mol. The molecule has 0 radical (unpaired) electrons. The number of nitrogens with zero attached hydrogens (tertiary/aromatic N) is 1. The topological polar surface area (TPSA) is 71.0 Å². The van der Waals surface area contributed by atoms with Crippen LogP contribution in [0.5, 0.6) is 5.75 Å². The van der Waals surface area contributed by atoms with Gasteiger partial charge in [0.2, 0.25) is 0 Å². The lowest BCUT2D eigenvalue weighted by molar-refractivity contribution is -0.157. The Bertz CT molecular complexity index is 651. The smallest absolute Gasteiger partial charge is 0.256 e. The molecule has 7 heteroatoms. The van der Waals surface area contributed by atoms with Crippen molar-refractivity contribution < 1.29 is 23.8 Å². The summed E-state index contributed by atoms with van der Waals surface area (Å²) >= 11 is 0. The molecule has 2 aliphatic heterocycles. The molecule has 0 aromatic heterocycles. The second-order valence-electron chi connectivity index (χ2n) is 7.51. The van der Waals surface area contributed by atoms with Gasteiger partial charge in [0.15, 0.2) is 5.60 Å². The van der Waals surface area contributed by atoms with Crippen molar-refractivity contribution in [2.24, 2.45) is 5.92 Å². The highest BCUT2D eigenvalue weighted by molar-refractivity contribution is 5.86. The molecule has 1 unspecified atom stereocenters. The molecule has 150 valence electrons. The van der Waals surface area contributed by atoms with Crippen molar-refractivity contribution in [3.05, 3.63) is 29.6 Å². The van der Waals surface area contributed by atoms with Gasteiger partial charge in [0.25, 0.3) is 5.91 Å². The van der Waals surface area contributed by atoms with Gasteiger partial charge in [0, 0.05) is 38.4 Å². The minimum Gasteiger partial charge on any atom is -0.497 e. The Morgan fingerprint density at radius 1 is 1.41 bits per heavy atom. The van der Waals surface area contributed by atoms with Crippen LogP contribution in [0.25, 0.3) is 0 Å². The SMILES string of the molecule is COc1ccc(F)c(CN2CCCC(O)(CNCC3CCOCC3)C2=O)c1. The zero-order valence-corrected chi connectivity index (χ0v) is 15.9. The molecule has 6 nitrogen and oxygen atoms in total. The maximum absolute atomic E-state index is 14.1. The van der Waals surface area contributed by atoms with Gasteiger partial charge in [0.05, 0.1) is 7.11 Å². The number of likely N-dealkylation sites (tertiary alicyclic amines) is 1. The third-order valence-electron chi connectivity index (χ3n) is 5.51. The van der Waals surface area contributed by atoms with Gasteiger partial charge in [-0.2, -0.15) is 0 Å². The van der Waals surface area contributed by atoms with E-state index in [-0.39, 0.29) is 24.8 Å². The minimum atomic E-state index is -1.43. The first-order valence-corrected chi connectivity index (χ1v) is 9.64. The van der Waals surface area contributed by atoms with E-state index < -0.39 is 5.60 Å². The monoisotopic (exact) mass is 380 g/mol. The summed E-state index contributed by atoms with van der Waals surface area (Å²) in [4.78, 5) is 14.4. The van der Waals surface area contributed by atoms with Crippen molar-refractivity contribution in [1.82, 2.24) is 10.2 Å². The number of aliphatic hydroxyl groups is 1. The van der Waals surface area contributed by atoms with Crippen molar-refractivity contribution in [2.45, 2.75) is 37.8 Å². The molecule has 1 aromatic rings. The maximum atomic E-state index is 14.1. The van der Waals surface area contributed by atoms with Crippen LogP contribution in [0.15, 0.2) is 18.2 Å². The van der Waals surface area contributed by atoms with E-state index in [0.29, 0.717) is 36.6 Å². The molecule has 1 atom stereocenters. The zero-order valence-electron chi connectivity index (χ0n) is 15.9. The molecule has 2 fully saturated rings. The van der Waals surface area contributed by atoms with Crippen LogP contribution < -0.4 is 10.1 Å². The quantitative estimate of drug-likeness (QED) is 0.754. The zero-order chi connectivity index (χ0) is 19.3. The summed E-state index contributed by atoms with van der Waals surface area (Å²) in [6.45, 7) is 3.18. The van der Waals surface area contributed by atoms with E-state index in [1.807, 2.05) is 0 Å². The first-order chi connectivity index (χ1) is 13.0. The van der Waals surface area contributed by atoms with E-state index in [2.05, 4.69) is 5.32 Å². The van der Waals surface area contributed by atoms with Crippen molar-refractivity contribution in [1.29, 1.82) is 0 Å². The standard InChI is InChI=1S/C20H29FN2O4/c1-26-17-3-4-18(21)16(11-17)13-23-8-2-7-20(25,19(23)24)14-22-12-15-5-9-27-10-6-15/h3-4,11,15,22,25H,2,5-10,12-14H2,1H3. The largest absolute Gasteiger partial charge is 0.497 e. The molecular formula is C20H29FN2O4. The van der Waals surface area contributed by atoms with Crippen molar-refractivity contribution in [3.63, 3.8) is 0 Å². The van der Waals surface area contributed by atoms with Crippen LogP contribution in [-0.4, -0.2) is 61.5 Å². The molecule has 2 saturated heterocycles. The van der Waals surface area contributed by atoms with Crippen LogP contribution in [0.3, 0.4) is 0 Å². The molecular weight excluding hydrogens is 351 g/mol. The highest BCUT2D eigenvalue weighted by Crippen LogP contribution is 2.26. The summed E-state index contributed by atoms with van der Waals surface area (Å²) in [5.41, 5.74) is -1.04. The molecule has 1 aromatic carbocycles. The highest BCUT2D eigenvalue weighted by atomic mass is 19.1. The summed E-state index contributed by atoms with van der Waals surface area (Å²) in [7, 11) is 1.52. The third-order valence-corrected chi connectivity index (χ3v) is 5.51. The molecule has 0 aliphatic carbocycles. The van der Waals surface area contributed by atoms with Gasteiger partial charge in [-0.25, -0.2) is 4.39 Å². The Morgan fingerprint density at radius 2 is 2.19 bits per heavy atom. The summed E-state index contributed by atoms with van der Waals surface area (Å²) in [6.07, 6.45) is 3.11. The number of methoxy groups -OCH3 is 1. The second-order valence-corrected chi connectivity index (χ2v) is 7.51. The molecule has 0 spiro atoms. The Morgan fingerprint density at radius 3 is 2.93 bits per heavy atom. The lowest BCUT2D eigenvalue weighted by atomic mass is 9.90. The van der Waals surface area contributed by atoms with Crippen molar-refractivity contribution in [2.75, 3.05) is 40.0 Å². The summed E-state index contributed by atoms with van der Waals surface area (Å²) in [5.74, 6) is 0.345. The van der Waals surface area contributed by atoms with E-state index in [0.717, 1.165) is 32.6 Å². The first-order valence-electron chi connectivity index (χ1n) is 9.64. The van der Waals surface area contributed by atoms with Gasteiger partial charge >= 0.3 is 0 Å². The van der Waals surface area contributed by atoms with Crippen LogP contribution in [-0.2, 0) is 16.1 Å². The van der Waals surface area contributed by atoms with E-state index in [4.69, 9.17) is 9.47 Å². The normalized spacial score (nSPS) is 24.3. The Labute approximate surface area is 159 Å². The molecule has 3 rings (SSSR count). The number of carbonyl (C=O) groups excluding carboxylic acids is 1. The number of rotatable bonds is 7. The second kappa shape index (κ2) is 8.99. The number of carbonyl (C=O) groups is 1. The molecule has 2 heterocycles. The number of ether oxygens (including phenoxy) is 2. The van der Waals surface area contributed by atoms with Gasteiger partial charge in [-0.15, -0.1) is 0 Å². The number of nitrogens with one attached hydrogen (secondary N) is 1. The van der Waals surface area contributed by atoms with Gasteiger partial charge in [-0.05, 0) is 56.3 Å². The lowest BCUT2D eigenvalue weighted by Crippen LogP contribution is -2.58. The molecule has 0 bridgehead atoms. The first kappa shape index (κ1) is 20.0. The fraction of sp³-hybridized carbons (Fsp3) is 0.650. The minimum absolute atomic E-state index is 0.129.